The fourth-order valence-corrected chi connectivity index (χ4v) is 5.80. The number of thioether (sulfide) groups is 1. The summed E-state index contributed by atoms with van der Waals surface area (Å²) in [5.41, 5.74) is 0.533. The third kappa shape index (κ3) is 3.81. The van der Waals surface area contributed by atoms with E-state index in [4.69, 9.17) is 0 Å². The molecule has 0 N–H and O–H groups in total. The van der Waals surface area contributed by atoms with Gasteiger partial charge in [0, 0.05) is 17.1 Å². The van der Waals surface area contributed by atoms with Gasteiger partial charge < -0.3 is 4.90 Å². The number of pyridine rings is 1. The highest BCUT2D eigenvalue weighted by atomic mass is 32.2. The Balaban J connectivity index is 1.93. The Morgan fingerprint density at radius 3 is 2.88 bits per heavy atom. The highest BCUT2D eigenvalue weighted by molar-refractivity contribution is 7.98. The molecule has 128 valence electrons. The lowest BCUT2D eigenvalue weighted by Crippen LogP contribution is -2.40. The standard InChI is InChI=1S/C16H18N2O3S3/c1-22-15-14(5-2-7-17-15)16(19)18(10-13-4-3-8-23-13)12-6-9-24(20,21)11-12/h2-5,7-8,12H,6,9-11H2,1H3/t12-/m0/s1. The fraction of sp³-hybridized carbons (Fsp3) is 0.375. The molecule has 0 saturated carbocycles. The smallest absolute Gasteiger partial charge is 0.257 e. The maximum Gasteiger partial charge on any atom is 0.257 e. The van der Waals surface area contributed by atoms with Gasteiger partial charge in [-0.15, -0.1) is 23.1 Å². The number of amides is 1. The lowest BCUT2D eigenvalue weighted by Gasteiger charge is -2.28. The van der Waals surface area contributed by atoms with Crippen molar-refractivity contribution in [1.29, 1.82) is 0 Å². The minimum absolute atomic E-state index is 0.0407. The summed E-state index contributed by atoms with van der Waals surface area (Å²) in [6.07, 6.45) is 4.03. The average Bonchev–Trinajstić information content (AvgIpc) is 3.21. The van der Waals surface area contributed by atoms with Crippen LogP contribution in [-0.2, 0) is 16.4 Å². The molecule has 1 saturated heterocycles. The van der Waals surface area contributed by atoms with Crippen LogP contribution in [0.15, 0.2) is 40.9 Å². The molecule has 0 aliphatic carbocycles. The highest BCUT2D eigenvalue weighted by Gasteiger charge is 2.35. The second-order valence-electron chi connectivity index (χ2n) is 5.63. The van der Waals surface area contributed by atoms with E-state index in [-0.39, 0.29) is 23.5 Å². The minimum atomic E-state index is -3.06. The predicted octanol–water partition coefficient (Wildman–Crippen LogP) is 2.69. The molecule has 1 aliphatic heterocycles. The molecule has 1 aliphatic rings. The van der Waals surface area contributed by atoms with Crippen LogP contribution in [0.25, 0.3) is 0 Å². The first-order chi connectivity index (χ1) is 11.5. The third-order valence-corrected chi connectivity index (χ3v) is 7.33. The second kappa shape index (κ2) is 7.25. The summed E-state index contributed by atoms with van der Waals surface area (Å²) in [6, 6.07) is 7.12. The number of rotatable bonds is 5. The molecule has 0 aromatic carbocycles. The third-order valence-electron chi connectivity index (χ3n) is 4.01. The summed E-state index contributed by atoms with van der Waals surface area (Å²) in [5.74, 6) is 0.0377. The zero-order valence-electron chi connectivity index (χ0n) is 13.2. The lowest BCUT2D eigenvalue weighted by molar-refractivity contribution is 0.0678. The number of aromatic nitrogens is 1. The van der Waals surface area contributed by atoms with Gasteiger partial charge in [0.25, 0.3) is 5.91 Å². The van der Waals surface area contributed by atoms with E-state index < -0.39 is 9.84 Å². The molecule has 0 radical (unpaired) electrons. The topological polar surface area (TPSA) is 67.3 Å². The quantitative estimate of drug-likeness (QED) is 0.744. The van der Waals surface area contributed by atoms with Gasteiger partial charge in [-0.05, 0) is 36.3 Å². The largest absolute Gasteiger partial charge is 0.329 e. The summed E-state index contributed by atoms with van der Waals surface area (Å²) in [6.45, 7) is 0.430. The molecule has 0 unspecified atom stereocenters. The average molecular weight is 383 g/mol. The summed E-state index contributed by atoms with van der Waals surface area (Å²) in [5, 5.41) is 2.63. The molecule has 3 rings (SSSR count). The second-order valence-corrected chi connectivity index (χ2v) is 9.69. The molecule has 1 fully saturated rings. The van der Waals surface area contributed by atoms with Crippen LogP contribution in [0.2, 0.25) is 0 Å². The van der Waals surface area contributed by atoms with E-state index in [1.54, 1.807) is 34.6 Å². The Bertz CT molecular complexity index is 819. The molecular weight excluding hydrogens is 364 g/mol. The van der Waals surface area contributed by atoms with Gasteiger partial charge in [0.15, 0.2) is 9.84 Å². The van der Waals surface area contributed by atoms with Crippen molar-refractivity contribution >= 4 is 38.8 Å². The van der Waals surface area contributed by atoms with Crippen molar-refractivity contribution in [2.45, 2.75) is 24.0 Å². The first-order valence-electron chi connectivity index (χ1n) is 7.53. The first-order valence-corrected chi connectivity index (χ1v) is 11.5. The number of carbonyl (C=O) groups excluding carboxylic acids is 1. The SMILES string of the molecule is CSc1ncccc1C(=O)N(Cc1cccs1)[C@H]1CCS(=O)(=O)C1. The normalized spacial score (nSPS) is 19.3. The van der Waals surface area contributed by atoms with Crippen LogP contribution in [0.3, 0.4) is 0 Å². The number of hydrogen-bond acceptors (Lipinski definition) is 6. The van der Waals surface area contributed by atoms with Crippen LogP contribution >= 0.6 is 23.1 Å². The number of sulfone groups is 1. The van der Waals surface area contributed by atoms with Crippen molar-refractivity contribution in [3.05, 3.63) is 46.3 Å². The monoisotopic (exact) mass is 382 g/mol. The summed E-state index contributed by atoms with van der Waals surface area (Å²) in [7, 11) is -3.06. The number of hydrogen-bond donors (Lipinski definition) is 0. The zero-order chi connectivity index (χ0) is 17.2. The van der Waals surface area contributed by atoms with Crippen molar-refractivity contribution in [2.75, 3.05) is 17.8 Å². The molecule has 24 heavy (non-hydrogen) atoms. The van der Waals surface area contributed by atoms with Crippen molar-refractivity contribution in [3.63, 3.8) is 0 Å². The van der Waals surface area contributed by atoms with Gasteiger partial charge in [0.2, 0.25) is 0 Å². The molecule has 0 spiro atoms. The van der Waals surface area contributed by atoms with Gasteiger partial charge in [0.1, 0.15) is 5.03 Å². The molecule has 2 aromatic rings. The molecule has 5 nitrogen and oxygen atoms in total. The van der Waals surface area contributed by atoms with Crippen LogP contribution < -0.4 is 0 Å². The summed E-state index contributed by atoms with van der Waals surface area (Å²) in [4.78, 5) is 20.1. The molecule has 1 amide bonds. The molecule has 0 bridgehead atoms. The van der Waals surface area contributed by atoms with Crippen molar-refractivity contribution < 1.29 is 13.2 Å². The van der Waals surface area contributed by atoms with Crippen molar-refractivity contribution in [3.8, 4) is 0 Å². The van der Waals surface area contributed by atoms with E-state index in [9.17, 15) is 13.2 Å². The molecular formula is C16H18N2O3S3. The lowest BCUT2D eigenvalue weighted by atomic mass is 10.1. The fourth-order valence-electron chi connectivity index (χ4n) is 2.83. The maximum atomic E-state index is 13.1. The van der Waals surface area contributed by atoms with Gasteiger partial charge in [-0.1, -0.05) is 6.07 Å². The zero-order valence-corrected chi connectivity index (χ0v) is 15.7. The van der Waals surface area contributed by atoms with Gasteiger partial charge in [-0.25, -0.2) is 13.4 Å². The summed E-state index contributed by atoms with van der Waals surface area (Å²) < 4.78 is 23.8. The highest BCUT2D eigenvalue weighted by Crippen LogP contribution is 2.26. The van der Waals surface area contributed by atoms with E-state index in [1.165, 1.54) is 11.8 Å². The van der Waals surface area contributed by atoms with Gasteiger partial charge >= 0.3 is 0 Å². The van der Waals surface area contributed by atoms with Crippen LogP contribution in [0.4, 0.5) is 0 Å². The van der Waals surface area contributed by atoms with Gasteiger partial charge in [-0.2, -0.15) is 0 Å². The molecule has 2 aromatic heterocycles. The Kier molecular flexibility index (Phi) is 5.27. The number of nitrogens with zero attached hydrogens (tertiary/aromatic N) is 2. The Morgan fingerprint density at radius 2 is 2.25 bits per heavy atom. The first kappa shape index (κ1) is 17.4. The van der Waals surface area contributed by atoms with Crippen LogP contribution in [-0.4, -0.2) is 48.0 Å². The van der Waals surface area contributed by atoms with Crippen LogP contribution in [0, 0.1) is 0 Å². The van der Waals surface area contributed by atoms with E-state index in [2.05, 4.69) is 4.98 Å². The molecule has 1 atom stereocenters. The minimum Gasteiger partial charge on any atom is -0.329 e. The summed E-state index contributed by atoms with van der Waals surface area (Å²) >= 11 is 2.99. The van der Waals surface area contributed by atoms with E-state index in [0.717, 1.165) is 4.88 Å². The Morgan fingerprint density at radius 1 is 1.42 bits per heavy atom. The van der Waals surface area contributed by atoms with E-state index >= 15 is 0 Å². The Labute approximate surface area is 150 Å². The van der Waals surface area contributed by atoms with Crippen LogP contribution in [0.5, 0.6) is 0 Å². The Hall–Kier alpha value is -1.38. The van der Waals surface area contributed by atoms with E-state index in [0.29, 0.717) is 23.6 Å². The van der Waals surface area contributed by atoms with Crippen molar-refractivity contribution in [2.24, 2.45) is 0 Å². The molecule has 8 heteroatoms. The van der Waals surface area contributed by atoms with Gasteiger partial charge in [0.05, 0.1) is 23.6 Å². The number of thiophene rings is 1. The number of carbonyl (C=O) groups is 1. The van der Waals surface area contributed by atoms with Gasteiger partial charge in [-0.3, -0.25) is 4.79 Å². The predicted molar refractivity (Wildman–Crippen MR) is 97.3 cm³/mol. The maximum absolute atomic E-state index is 13.1. The van der Waals surface area contributed by atoms with Crippen LogP contribution in [0.1, 0.15) is 21.7 Å². The van der Waals surface area contributed by atoms with Crippen molar-refractivity contribution in [1.82, 2.24) is 9.88 Å². The molecule has 3 heterocycles. The van der Waals surface area contributed by atoms with E-state index in [1.807, 2.05) is 23.8 Å².